The predicted molar refractivity (Wildman–Crippen MR) is 104 cm³/mol. The quantitative estimate of drug-likeness (QED) is 0.694. The molecule has 0 bridgehead atoms. The number of carbonyl (C=O) groups is 1. The molecule has 1 amide bonds. The number of ether oxygens (including phenoxy) is 1. The number of methoxy groups -OCH3 is 1. The molecular formula is C19H24FN3O4S. The number of hydrogen-bond donors (Lipinski definition) is 2. The molecule has 0 saturated heterocycles. The minimum atomic E-state index is -3.79. The van der Waals surface area contributed by atoms with Crippen LogP contribution in [0, 0.1) is 5.82 Å². The third kappa shape index (κ3) is 5.06. The number of nitrogens with zero attached hydrogens (tertiary/aromatic N) is 1. The van der Waals surface area contributed by atoms with Crippen molar-refractivity contribution in [2.75, 3.05) is 34.8 Å². The summed E-state index contributed by atoms with van der Waals surface area (Å²) in [6.45, 7) is 0.218. The summed E-state index contributed by atoms with van der Waals surface area (Å²) in [5.41, 5.74) is 0.893. The molecule has 2 aromatic carbocycles. The van der Waals surface area contributed by atoms with Crippen LogP contribution in [0.4, 0.5) is 4.39 Å². The molecule has 1 unspecified atom stereocenters. The summed E-state index contributed by atoms with van der Waals surface area (Å²) >= 11 is 0. The molecule has 152 valence electrons. The molecule has 2 rings (SSSR count). The van der Waals surface area contributed by atoms with E-state index in [1.54, 1.807) is 12.1 Å². The predicted octanol–water partition coefficient (Wildman–Crippen LogP) is 1.78. The number of sulfonamides is 1. The van der Waals surface area contributed by atoms with Gasteiger partial charge in [-0.3, -0.25) is 4.79 Å². The van der Waals surface area contributed by atoms with Crippen LogP contribution < -0.4 is 14.8 Å². The normalized spacial score (nSPS) is 12.6. The highest BCUT2D eigenvalue weighted by molar-refractivity contribution is 7.89. The molecule has 0 radical (unpaired) electrons. The number of carbonyl (C=O) groups excluding carboxylic acids is 1. The summed E-state index contributed by atoms with van der Waals surface area (Å²) in [5, 5.41) is 2.77. The highest BCUT2D eigenvalue weighted by Crippen LogP contribution is 2.25. The Morgan fingerprint density at radius 2 is 1.93 bits per heavy atom. The van der Waals surface area contributed by atoms with Crippen molar-refractivity contribution < 1.29 is 22.3 Å². The van der Waals surface area contributed by atoms with E-state index < -0.39 is 15.9 Å². The molecule has 2 N–H and O–H groups in total. The lowest BCUT2D eigenvalue weighted by molar-refractivity contribution is 0.0941. The minimum Gasteiger partial charge on any atom is -0.495 e. The third-order valence-electron chi connectivity index (χ3n) is 4.30. The van der Waals surface area contributed by atoms with Gasteiger partial charge in [0.2, 0.25) is 10.0 Å². The summed E-state index contributed by atoms with van der Waals surface area (Å²) in [5.74, 6) is -0.664. The van der Waals surface area contributed by atoms with E-state index in [1.165, 1.54) is 44.5 Å². The van der Waals surface area contributed by atoms with Crippen LogP contribution in [-0.4, -0.2) is 54.0 Å². The maximum absolute atomic E-state index is 13.5. The first-order valence-electron chi connectivity index (χ1n) is 8.51. The lowest BCUT2D eigenvalue weighted by Crippen LogP contribution is -2.34. The molecule has 2 aromatic rings. The van der Waals surface area contributed by atoms with Crippen molar-refractivity contribution in [1.82, 2.24) is 14.9 Å². The first-order chi connectivity index (χ1) is 13.2. The highest BCUT2D eigenvalue weighted by Gasteiger charge is 2.21. The van der Waals surface area contributed by atoms with Crippen molar-refractivity contribution in [2.24, 2.45) is 0 Å². The van der Waals surface area contributed by atoms with Crippen LogP contribution in [0.2, 0.25) is 0 Å². The Labute approximate surface area is 164 Å². The van der Waals surface area contributed by atoms with E-state index in [2.05, 4.69) is 10.0 Å². The van der Waals surface area contributed by atoms with Crippen LogP contribution in [0.1, 0.15) is 22.0 Å². The molecule has 9 heteroatoms. The van der Waals surface area contributed by atoms with Crippen LogP contribution in [0.15, 0.2) is 47.4 Å². The van der Waals surface area contributed by atoms with Crippen LogP contribution in [0.5, 0.6) is 5.75 Å². The molecule has 0 heterocycles. The average Bonchev–Trinajstić information content (AvgIpc) is 2.67. The van der Waals surface area contributed by atoms with Crippen molar-refractivity contribution in [2.45, 2.75) is 10.9 Å². The van der Waals surface area contributed by atoms with Gasteiger partial charge < -0.3 is 15.0 Å². The molecule has 0 aliphatic carbocycles. The van der Waals surface area contributed by atoms with Gasteiger partial charge in [-0.2, -0.15) is 0 Å². The lowest BCUT2D eigenvalue weighted by atomic mass is 10.1. The highest BCUT2D eigenvalue weighted by atomic mass is 32.2. The molecule has 0 spiro atoms. The first kappa shape index (κ1) is 21.8. The van der Waals surface area contributed by atoms with E-state index >= 15 is 0 Å². The van der Waals surface area contributed by atoms with E-state index in [9.17, 15) is 17.6 Å². The molecule has 0 saturated carbocycles. The molecule has 0 aliphatic heterocycles. The van der Waals surface area contributed by atoms with Crippen molar-refractivity contribution in [3.63, 3.8) is 0 Å². The van der Waals surface area contributed by atoms with Gasteiger partial charge in [0.15, 0.2) is 0 Å². The van der Waals surface area contributed by atoms with Gasteiger partial charge >= 0.3 is 0 Å². The van der Waals surface area contributed by atoms with Crippen molar-refractivity contribution >= 4 is 15.9 Å². The number of likely N-dealkylation sites (N-methyl/N-ethyl adjacent to an activating group) is 1. The Balaban J connectivity index is 2.23. The minimum absolute atomic E-state index is 0.126. The summed E-state index contributed by atoms with van der Waals surface area (Å²) in [6.07, 6.45) is 0. The average molecular weight is 409 g/mol. The monoisotopic (exact) mass is 409 g/mol. The maximum atomic E-state index is 13.5. The number of hydrogen-bond acceptors (Lipinski definition) is 5. The second-order valence-electron chi connectivity index (χ2n) is 6.32. The number of halogens is 1. The Kier molecular flexibility index (Phi) is 7.11. The largest absolute Gasteiger partial charge is 0.495 e. The van der Waals surface area contributed by atoms with Crippen LogP contribution in [0.3, 0.4) is 0 Å². The number of amides is 1. The molecule has 0 aromatic heterocycles. The fraction of sp³-hybridized carbons (Fsp3) is 0.316. The van der Waals surface area contributed by atoms with Crippen molar-refractivity contribution in [3.8, 4) is 5.75 Å². The second kappa shape index (κ2) is 9.13. The van der Waals surface area contributed by atoms with E-state index in [1.807, 2.05) is 19.0 Å². The van der Waals surface area contributed by atoms with Gasteiger partial charge in [-0.25, -0.2) is 17.5 Å². The van der Waals surface area contributed by atoms with Gasteiger partial charge in [0.1, 0.15) is 16.5 Å². The van der Waals surface area contributed by atoms with Gasteiger partial charge in [-0.05, 0) is 57.0 Å². The van der Waals surface area contributed by atoms with E-state index in [0.29, 0.717) is 0 Å². The molecule has 7 nitrogen and oxygen atoms in total. The topological polar surface area (TPSA) is 87.7 Å². The van der Waals surface area contributed by atoms with Gasteiger partial charge in [0.05, 0.1) is 13.2 Å². The van der Waals surface area contributed by atoms with Crippen LogP contribution >= 0.6 is 0 Å². The first-order valence-corrected chi connectivity index (χ1v) is 9.99. The van der Waals surface area contributed by atoms with E-state index in [-0.39, 0.29) is 34.6 Å². The molecule has 0 aliphatic rings. The van der Waals surface area contributed by atoms with Gasteiger partial charge in [-0.1, -0.05) is 12.1 Å². The summed E-state index contributed by atoms with van der Waals surface area (Å²) < 4.78 is 45.1. The fourth-order valence-corrected chi connectivity index (χ4v) is 3.66. The zero-order valence-corrected chi connectivity index (χ0v) is 17.0. The number of benzene rings is 2. The molecule has 0 fully saturated rings. The van der Waals surface area contributed by atoms with Gasteiger partial charge in [0.25, 0.3) is 5.91 Å². The van der Waals surface area contributed by atoms with Crippen molar-refractivity contribution in [3.05, 3.63) is 59.4 Å². The summed E-state index contributed by atoms with van der Waals surface area (Å²) in [6, 6.07) is 10.1. The lowest BCUT2D eigenvalue weighted by Gasteiger charge is -2.25. The third-order valence-corrected chi connectivity index (χ3v) is 5.73. The van der Waals surface area contributed by atoms with Gasteiger partial charge in [0, 0.05) is 12.1 Å². The smallest absolute Gasteiger partial charge is 0.251 e. The maximum Gasteiger partial charge on any atom is 0.251 e. The zero-order chi connectivity index (χ0) is 20.9. The second-order valence-corrected chi connectivity index (χ2v) is 8.17. The fourth-order valence-electron chi connectivity index (χ4n) is 2.74. The zero-order valence-electron chi connectivity index (χ0n) is 16.2. The van der Waals surface area contributed by atoms with Crippen molar-refractivity contribution in [1.29, 1.82) is 0 Å². The molecule has 28 heavy (non-hydrogen) atoms. The molecule has 1 atom stereocenters. The number of nitrogens with one attached hydrogen (secondary N) is 2. The summed E-state index contributed by atoms with van der Waals surface area (Å²) in [4.78, 5) is 14.3. The Hall–Kier alpha value is -2.49. The Morgan fingerprint density at radius 3 is 2.50 bits per heavy atom. The Bertz CT molecular complexity index is 948. The van der Waals surface area contributed by atoms with E-state index in [0.717, 1.165) is 5.56 Å². The number of rotatable bonds is 8. The van der Waals surface area contributed by atoms with Crippen LogP contribution in [-0.2, 0) is 10.0 Å². The summed E-state index contributed by atoms with van der Waals surface area (Å²) in [7, 11) is 2.49. The standard InChI is InChI=1S/C19H24FN3O4S/c1-21-28(25,26)18-11-14(8-9-17(18)27-4)19(24)22-12-16(23(2)3)13-6-5-7-15(20)10-13/h5-11,16,21H,12H2,1-4H3,(H,22,24). The van der Waals surface area contributed by atoms with E-state index in [4.69, 9.17) is 4.74 Å². The molecular weight excluding hydrogens is 385 g/mol. The van der Waals surface area contributed by atoms with Crippen LogP contribution in [0.25, 0.3) is 0 Å². The Morgan fingerprint density at radius 1 is 1.21 bits per heavy atom. The SMILES string of the molecule is CNS(=O)(=O)c1cc(C(=O)NCC(c2cccc(F)c2)N(C)C)ccc1OC. The van der Waals surface area contributed by atoms with Gasteiger partial charge in [-0.15, -0.1) is 0 Å².